The summed E-state index contributed by atoms with van der Waals surface area (Å²) >= 11 is 0. The maximum atomic E-state index is 7.83. The van der Waals surface area contributed by atoms with Gasteiger partial charge in [0.15, 0.2) is 0 Å². The van der Waals surface area contributed by atoms with Crippen LogP contribution in [-0.4, -0.2) is 11.3 Å². The summed E-state index contributed by atoms with van der Waals surface area (Å²) in [6, 6.07) is 0. The van der Waals surface area contributed by atoms with Gasteiger partial charge in [0.05, 0.1) is 6.23 Å². The second kappa shape index (κ2) is 4.41. The molecule has 0 saturated carbocycles. The fourth-order valence-electron chi connectivity index (χ4n) is 0. The van der Waals surface area contributed by atoms with Gasteiger partial charge in [-0.25, -0.2) is 0 Å². The standard InChI is InChI=1S/C2H7NO.Ni/c1-2(3)4;/h2,4H,3H2,1H3;. The molecule has 0 spiro atoms. The fraction of sp³-hybridized carbons (Fsp3) is 1.00. The Bertz CT molecular complexity index is 14.4. The van der Waals surface area contributed by atoms with Gasteiger partial charge in [-0.05, 0) is 6.92 Å². The van der Waals surface area contributed by atoms with E-state index in [-0.39, 0.29) is 16.5 Å². The van der Waals surface area contributed by atoms with Crippen LogP contribution in [0.15, 0.2) is 0 Å². The van der Waals surface area contributed by atoms with E-state index in [1.165, 1.54) is 6.92 Å². The van der Waals surface area contributed by atoms with Crippen LogP contribution in [0.3, 0.4) is 0 Å². The van der Waals surface area contributed by atoms with Crippen molar-refractivity contribution in [1.82, 2.24) is 0 Å². The summed E-state index contributed by atoms with van der Waals surface area (Å²) < 4.78 is 0. The van der Waals surface area contributed by atoms with Gasteiger partial charge in [0.1, 0.15) is 0 Å². The minimum atomic E-state index is -0.667. The summed E-state index contributed by atoms with van der Waals surface area (Å²) in [5, 5.41) is 7.83. The average Bonchev–Trinajstić information content (AvgIpc) is 0.811. The fourth-order valence-corrected chi connectivity index (χ4v) is 0. The van der Waals surface area contributed by atoms with Gasteiger partial charge in [-0.15, -0.1) is 0 Å². The molecule has 36 valence electrons. The number of hydrogen-bond acceptors (Lipinski definition) is 2. The third-order valence-corrected chi connectivity index (χ3v) is 0. The number of aliphatic hydroxyl groups is 1. The van der Waals surface area contributed by atoms with Crippen LogP contribution in [-0.2, 0) is 16.5 Å². The zero-order valence-electron chi connectivity index (χ0n) is 2.92. The first-order valence-corrected chi connectivity index (χ1v) is 1.17. The molecule has 0 aliphatic carbocycles. The van der Waals surface area contributed by atoms with Crippen molar-refractivity contribution in [1.29, 1.82) is 0 Å². The molecule has 0 amide bonds. The van der Waals surface area contributed by atoms with Crippen molar-refractivity contribution >= 4 is 0 Å². The Morgan fingerprint density at radius 2 is 1.80 bits per heavy atom. The van der Waals surface area contributed by atoms with Gasteiger partial charge in [-0.1, -0.05) is 0 Å². The number of rotatable bonds is 0. The van der Waals surface area contributed by atoms with Crippen molar-refractivity contribution < 1.29 is 21.6 Å². The monoisotopic (exact) mass is 119 g/mol. The molecule has 3 heteroatoms. The van der Waals surface area contributed by atoms with Gasteiger partial charge in [0.2, 0.25) is 0 Å². The molecule has 1 atom stereocenters. The quantitative estimate of drug-likeness (QED) is 0.327. The van der Waals surface area contributed by atoms with Crippen LogP contribution < -0.4 is 5.73 Å². The van der Waals surface area contributed by atoms with Crippen LogP contribution in [0, 0.1) is 0 Å². The number of hydrogen-bond donors (Lipinski definition) is 2. The maximum absolute atomic E-state index is 7.83. The first-order valence-electron chi connectivity index (χ1n) is 1.17. The molecule has 1 unspecified atom stereocenters. The molecule has 0 aromatic rings. The van der Waals surface area contributed by atoms with Crippen molar-refractivity contribution in [3.63, 3.8) is 0 Å². The third kappa shape index (κ3) is 150. The summed E-state index contributed by atoms with van der Waals surface area (Å²) in [5.74, 6) is 0. The van der Waals surface area contributed by atoms with Crippen LogP contribution in [0.2, 0.25) is 0 Å². The first-order chi connectivity index (χ1) is 1.73. The van der Waals surface area contributed by atoms with Crippen molar-refractivity contribution in [2.75, 3.05) is 0 Å². The zero-order valence-corrected chi connectivity index (χ0v) is 3.91. The first kappa shape index (κ1) is 9.05. The molecule has 5 heavy (non-hydrogen) atoms. The van der Waals surface area contributed by atoms with Crippen molar-refractivity contribution in [2.24, 2.45) is 5.73 Å². The Hall–Kier alpha value is 0.414. The van der Waals surface area contributed by atoms with E-state index < -0.39 is 6.23 Å². The molecule has 3 N–H and O–H groups in total. The normalized spacial score (nSPS) is 12.6. The second-order valence-corrected chi connectivity index (χ2v) is 0.741. The largest absolute Gasteiger partial charge is 0.379 e. The third-order valence-electron chi connectivity index (χ3n) is 0. The summed E-state index contributed by atoms with van der Waals surface area (Å²) in [5.41, 5.74) is 4.67. The van der Waals surface area contributed by atoms with E-state index in [0.29, 0.717) is 0 Å². The molecular formula is C2H7NNiO. The van der Waals surface area contributed by atoms with E-state index >= 15 is 0 Å². The molecule has 0 saturated heterocycles. The molecule has 0 rings (SSSR count). The van der Waals surface area contributed by atoms with Gasteiger partial charge in [0, 0.05) is 16.5 Å². The van der Waals surface area contributed by atoms with Crippen molar-refractivity contribution in [3.8, 4) is 0 Å². The molecule has 0 aromatic heterocycles. The Morgan fingerprint density at radius 1 is 1.80 bits per heavy atom. The second-order valence-electron chi connectivity index (χ2n) is 0.741. The molecule has 0 bridgehead atoms. The van der Waals surface area contributed by atoms with E-state index in [0.717, 1.165) is 0 Å². The summed E-state index contributed by atoms with van der Waals surface area (Å²) in [4.78, 5) is 0. The summed E-state index contributed by atoms with van der Waals surface area (Å²) in [7, 11) is 0. The predicted molar refractivity (Wildman–Crippen MR) is 15.9 cm³/mol. The predicted octanol–water partition coefficient (Wildman–Crippen LogP) is -0.719. The van der Waals surface area contributed by atoms with Crippen LogP contribution in [0.4, 0.5) is 0 Å². The molecule has 0 aromatic carbocycles. The summed E-state index contributed by atoms with van der Waals surface area (Å²) in [6.45, 7) is 1.50. The Balaban J connectivity index is 0. The average molecular weight is 120 g/mol. The molecule has 0 radical (unpaired) electrons. The Kier molecular flexibility index (Phi) is 7.99. The minimum Gasteiger partial charge on any atom is -0.379 e. The number of nitrogens with two attached hydrogens (primary N) is 1. The van der Waals surface area contributed by atoms with E-state index in [1.807, 2.05) is 0 Å². The van der Waals surface area contributed by atoms with Crippen LogP contribution in [0.1, 0.15) is 6.92 Å². The smallest absolute Gasteiger partial charge is 0.0991 e. The topological polar surface area (TPSA) is 46.2 Å². The maximum Gasteiger partial charge on any atom is 0.0991 e. The van der Waals surface area contributed by atoms with Crippen LogP contribution in [0.5, 0.6) is 0 Å². The molecule has 0 fully saturated rings. The number of aliphatic hydroxyl groups excluding tert-OH is 1. The summed E-state index contributed by atoms with van der Waals surface area (Å²) in [6.07, 6.45) is -0.667. The van der Waals surface area contributed by atoms with Gasteiger partial charge in [0.25, 0.3) is 0 Å². The van der Waals surface area contributed by atoms with Crippen LogP contribution in [0.25, 0.3) is 0 Å². The van der Waals surface area contributed by atoms with E-state index in [9.17, 15) is 0 Å². The molecular weight excluding hydrogens is 113 g/mol. The molecule has 0 heterocycles. The SMILES string of the molecule is CC(N)O.[Ni]. The zero-order chi connectivity index (χ0) is 3.58. The molecule has 2 nitrogen and oxygen atoms in total. The molecule has 0 aliphatic heterocycles. The minimum absolute atomic E-state index is 0. The van der Waals surface area contributed by atoms with Crippen molar-refractivity contribution in [2.45, 2.75) is 13.2 Å². The Morgan fingerprint density at radius 3 is 1.80 bits per heavy atom. The van der Waals surface area contributed by atoms with E-state index in [1.54, 1.807) is 0 Å². The van der Waals surface area contributed by atoms with Crippen LogP contribution >= 0.6 is 0 Å². The van der Waals surface area contributed by atoms with E-state index in [4.69, 9.17) is 5.11 Å². The van der Waals surface area contributed by atoms with Gasteiger partial charge in [-0.2, -0.15) is 0 Å². The van der Waals surface area contributed by atoms with Crippen molar-refractivity contribution in [3.05, 3.63) is 0 Å². The van der Waals surface area contributed by atoms with Gasteiger partial charge in [-0.3, -0.25) is 0 Å². The molecule has 0 aliphatic rings. The van der Waals surface area contributed by atoms with Gasteiger partial charge < -0.3 is 10.8 Å². The Labute approximate surface area is 41.3 Å². The van der Waals surface area contributed by atoms with Gasteiger partial charge >= 0.3 is 0 Å². The van der Waals surface area contributed by atoms with E-state index in [2.05, 4.69) is 5.73 Å².